The number of piperidine rings is 1. The number of amides is 1. The molecule has 3 fully saturated rings. The lowest BCUT2D eigenvalue weighted by Gasteiger charge is -2.46. The van der Waals surface area contributed by atoms with Gasteiger partial charge in [-0.3, -0.25) is 4.79 Å². The van der Waals surface area contributed by atoms with Gasteiger partial charge in [0, 0.05) is 31.0 Å². The van der Waals surface area contributed by atoms with Crippen molar-refractivity contribution in [1.82, 2.24) is 9.21 Å². The first kappa shape index (κ1) is 16.1. The molecule has 2 aliphatic heterocycles. The van der Waals surface area contributed by atoms with Crippen molar-refractivity contribution in [3.63, 3.8) is 0 Å². The van der Waals surface area contributed by atoms with Gasteiger partial charge in [0.15, 0.2) is 0 Å². The molecule has 3 aliphatic rings. The van der Waals surface area contributed by atoms with Gasteiger partial charge >= 0.3 is 0 Å². The SMILES string of the molecule is CS(=O)(=O)N1CC[C@]2(c3ccccc3)CCN(C(=O)C3CC3)C[C@H]12. The van der Waals surface area contributed by atoms with E-state index in [1.165, 1.54) is 11.8 Å². The topological polar surface area (TPSA) is 57.7 Å². The van der Waals surface area contributed by atoms with Crippen LogP contribution in [0.3, 0.4) is 0 Å². The van der Waals surface area contributed by atoms with Crippen molar-refractivity contribution in [3.05, 3.63) is 35.9 Å². The van der Waals surface area contributed by atoms with Crippen molar-refractivity contribution in [1.29, 1.82) is 0 Å². The Morgan fingerprint density at radius 2 is 1.79 bits per heavy atom. The molecule has 4 rings (SSSR count). The van der Waals surface area contributed by atoms with Crippen LogP contribution in [0.15, 0.2) is 30.3 Å². The maximum Gasteiger partial charge on any atom is 0.225 e. The Morgan fingerprint density at radius 1 is 1.12 bits per heavy atom. The van der Waals surface area contributed by atoms with Gasteiger partial charge in [0.05, 0.1) is 12.3 Å². The zero-order valence-corrected chi connectivity index (χ0v) is 14.8. The van der Waals surface area contributed by atoms with Gasteiger partial charge in [0.25, 0.3) is 0 Å². The van der Waals surface area contributed by atoms with E-state index in [4.69, 9.17) is 0 Å². The average Bonchev–Trinajstić information content (AvgIpc) is 3.33. The van der Waals surface area contributed by atoms with Crippen LogP contribution in [0.5, 0.6) is 0 Å². The van der Waals surface area contributed by atoms with Gasteiger partial charge in [0.2, 0.25) is 15.9 Å². The van der Waals surface area contributed by atoms with E-state index in [0.717, 1.165) is 32.2 Å². The third-order valence-electron chi connectivity index (χ3n) is 6.00. The van der Waals surface area contributed by atoms with E-state index < -0.39 is 10.0 Å². The zero-order valence-electron chi connectivity index (χ0n) is 14.0. The van der Waals surface area contributed by atoms with Gasteiger partial charge in [-0.05, 0) is 31.2 Å². The molecule has 1 aromatic carbocycles. The molecular formula is C18H24N2O3S. The number of hydrogen-bond acceptors (Lipinski definition) is 3. The number of likely N-dealkylation sites (tertiary alicyclic amines) is 1. The lowest BCUT2D eigenvalue weighted by molar-refractivity contribution is -0.135. The first-order valence-corrected chi connectivity index (χ1v) is 10.6. The normalized spacial score (nSPS) is 31.0. The molecule has 2 saturated heterocycles. The molecule has 6 heteroatoms. The molecule has 5 nitrogen and oxygen atoms in total. The molecule has 1 aromatic rings. The summed E-state index contributed by atoms with van der Waals surface area (Å²) in [6.07, 6.45) is 4.93. The van der Waals surface area contributed by atoms with Gasteiger partial charge in [-0.15, -0.1) is 0 Å². The molecule has 0 spiro atoms. The van der Waals surface area contributed by atoms with Crippen LogP contribution in [0.4, 0.5) is 0 Å². The quantitative estimate of drug-likeness (QED) is 0.834. The summed E-state index contributed by atoms with van der Waals surface area (Å²) >= 11 is 0. The number of fused-ring (bicyclic) bond motifs is 1. The Morgan fingerprint density at radius 3 is 2.42 bits per heavy atom. The molecule has 1 amide bonds. The summed E-state index contributed by atoms with van der Waals surface area (Å²) in [7, 11) is -3.28. The van der Waals surface area contributed by atoms with Crippen molar-refractivity contribution in [3.8, 4) is 0 Å². The van der Waals surface area contributed by atoms with Crippen LogP contribution < -0.4 is 0 Å². The third-order valence-corrected chi connectivity index (χ3v) is 7.29. The predicted octanol–water partition coefficient (Wildman–Crippen LogP) is 1.60. The van der Waals surface area contributed by atoms with Crippen LogP contribution in [-0.2, 0) is 20.2 Å². The molecule has 130 valence electrons. The predicted molar refractivity (Wildman–Crippen MR) is 92.0 cm³/mol. The van der Waals surface area contributed by atoms with Crippen molar-refractivity contribution in [2.75, 3.05) is 25.9 Å². The molecule has 1 aliphatic carbocycles. The highest BCUT2D eigenvalue weighted by molar-refractivity contribution is 7.88. The second-order valence-electron chi connectivity index (χ2n) is 7.47. The number of hydrogen-bond donors (Lipinski definition) is 0. The molecule has 24 heavy (non-hydrogen) atoms. The number of carbonyl (C=O) groups excluding carboxylic acids is 1. The van der Waals surface area contributed by atoms with E-state index in [0.29, 0.717) is 13.1 Å². The first-order chi connectivity index (χ1) is 11.4. The number of benzene rings is 1. The Balaban J connectivity index is 1.70. The zero-order chi connectivity index (χ0) is 16.9. The van der Waals surface area contributed by atoms with Crippen molar-refractivity contribution in [2.45, 2.75) is 37.1 Å². The van der Waals surface area contributed by atoms with E-state index in [-0.39, 0.29) is 23.3 Å². The first-order valence-electron chi connectivity index (χ1n) is 8.73. The Labute approximate surface area is 143 Å². The third kappa shape index (κ3) is 2.56. The fourth-order valence-corrected chi connectivity index (χ4v) is 5.69. The molecule has 0 unspecified atom stereocenters. The van der Waals surface area contributed by atoms with Gasteiger partial charge in [-0.1, -0.05) is 30.3 Å². The number of carbonyl (C=O) groups is 1. The van der Waals surface area contributed by atoms with Crippen LogP contribution in [-0.4, -0.2) is 55.5 Å². The van der Waals surface area contributed by atoms with E-state index in [2.05, 4.69) is 12.1 Å². The Kier molecular flexibility index (Phi) is 3.73. The van der Waals surface area contributed by atoms with Crippen LogP contribution in [0.2, 0.25) is 0 Å². The second-order valence-corrected chi connectivity index (χ2v) is 9.41. The van der Waals surface area contributed by atoms with E-state index in [1.54, 1.807) is 4.31 Å². The standard InChI is InChI=1S/C18H24N2O3S/c1-24(22,23)20-12-10-18(15-5-3-2-4-6-15)9-11-19(13-16(18)20)17(21)14-7-8-14/h2-6,14,16H,7-13H2,1H3/t16-,18-/m0/s1. The van der Waals surface area contributed by atoms with Gasteiger partial charge in [-0.25, -0.2) is 8.42 Å². The van der Waals surface area contributed by atoms with Crippen LogP contribution >= 0.6 is 0 Å². The number of rotatable bonds is 3. The maximum absolute atomic E-state index is 12.5. The smallest absolute Gasteiger partial charge is 0.225 e. The summed E-state index contributed by atoms with van der Waals surface area (Å²) in [5.41, 5.74) is 1.05. The van der Waals surface area contributed by atoms with E-state index in [9.17, 15) is 13.2 Å². The minimum absolute atomic E-state index is 0.147. The summed E-state index contributed by atoms with van der Waals surface area (Å²) in [5.74, 6) is 0.402. The highest BCUT2D eigenvalue weighted by Crippen LogP contribution is 2.47. The minimum atomic E-state index is -3.28. The average molecular weight is 348 g/mol. The fourth-order valence-electron chi connectivity index (χ4n) is 4.54. The highest BCUT2D eigenvalue weighted by atomic mass is 32.2. The number of sulfonamides is 1. The monoisotopic (exact) mass is 348 g/mol. The molecule has 0 aromatic heterocycles. The molecular weight excluding hydrogens is 324 g/mol. The second kappa shape index (κ2) is 5.56. The van der Waals surface area contributed by atoms with Crippen LogP contribution in [0.25, 0.3) is 0 Å². The lowest BCUT2D eigenvalue weighted by Crippen LogP contribution is -2.57. The van der Waals surface area contributed by atoms with Crippen LogP contribution in [0.1, 0.15) is 31.2 Å². The highest BCUT2D eigenvalue weighted by Gasteiger charge is 2.54. The molecule has 0 N–H and O–H groups in total. The van der Waals surface area contributed by atoms with Gasteiger partial charge < -0.3 is 4.90 Å². The Bertz CT molecular complexity index is 745. The summed E-state index contributed by atoms with van der Waals surface area (Å²) in [6, 6.07) is 10.1. The van der Waals surface area contributed by atoms with Crippen molar-refractivity contribution in [2.24, 2.45) is 5.92 Å². The van der Waals surface area contributed by atoms with Crippen molar-refractivity contribution < 1.29 is 13.2 Å². The van der Waals surface area contributed by atoms with E-state index >= 15 is 0 Å². The van der Waals surface area contributed by atoms with Crippen molar-refractivity contribution >= 4 is 15.9 Å². The number of nitrogens with zero attached hydrogens (tertiary/aromatic N) is 2. The molecule has 0 radical (unpaired) electrons. The van der Waals surface area contributed by atoms with Gasteiger partial charge in [-0.2, -0.15) is 4.31 Å². The Hall–Kier alpha value is -1.40. The summed E-state index contributed by atoms with van der Waals surface area (Å²) < 4.78 is 26.2. The maximum atomic E-state index is 12.5. The fraction of sp³-hybridized carbons (Fsp3) is 0.611. The summed E-state index contributed by atoms with van der Waals surface area (Å²) in [5, 5.41) is 0. The van der Waals surface area contributed by atoms with Gasteiger partial charge in [0.1, 0.15) is 0 Å². The summed E-state index contributed by atoms with van der Waals surface area (Å²) in [6.45, 7) is 1.81. The minimum Gasteiger partial charge on any atom is -0.341 e. The lowest BCUT2D eigenvalue weighted by atomic mass is 9.69. The molecule has 0 bridgehead atoms. The summed E-state index contributed by atoms with van der Waals surface area (Å²) in [4.78, 5) is 14.4. The molecule has 2 heterocycles. The van der Waals surface area contributed by atoms with E-state index in [1.807, 2.05) is 23.1 Å². The molecule has 1 saturated carbocycles. The largest absolute Gasteiger partial charge is 0.341 e. The molecule has 2 atom stereocenters. The van der Waals surface area contributed by atoms with Crippen LogP contribution in [0, 0.1) is 5.92 Å².